The molecule has 3 heterocycles. The molecule has 2 aliphatic heterocycles. The smallest absolute Gasteiger partial charge is 0.288 e. The number of anilines is 1. The highest BCUT2D eigenvalue weighted by Gasteiger charge is 2.31. The fraction of sp³-hybridized carbons (Fsp3) is 0.562. The van der Waals surface area contributed by atoms with E-state index in [9.17, 15) is 19.7 Å². The zero-order valence-electron chi connectivity index (χ0n) is 14.3. The molecule has 2 fully saturated rings. The average molecular weight is 363 g/mol. The fourth-order valence-corrected chi connectivity index (χ4v) is 3.36. The van der Waals surface area contributed by atoms with Crippen molar-refractivity contribution in [3.63, 3.8) is 0 Å². The van der Waals surface area contributed by atoms with Gasteiger partial charge in [-0.25, -0.2) is 4.98 Å². The quantitative estimate of drug-likeness (QED) is 0.595. The Morgan fingerprint density at radius 1 is 1.23 bits per heavy atom. The Morgan fingerprint density at radius 2 is 1.88 bits per heavy atom. The van der Waals surface area contributed by atoms with E-state index in [0.717, 1.165) is 12.3 Å². The van der Waals surface area contributed by atoms with Crippen molar-refractivity contribution in [2.45, 2.75) is 12.8 Å². The summed E-state index contributed by atoms with van der Waals surface area (Å²) < 4.78 is 5.27. The summed E-state index contributed by atoms with van der Waals surface area (Å²) in [5.41, 5.74) is 5.11. The molecule has 2 amide bonds. The molecule has 1 aromatic rings. The molecule has 0 atom stereocenters. The van der Waals surface area contributed by atoms with E-state index in [-0.39, 0.29) is 23.1 Å². The number of nitrogens with two attached hydrogens (primary N) is 1. The van der Waals surface area contributed by atoms with Crippen LogP contribution in [0.4, 0.5) is 11.5 Å². The van der Waals surface area contributed by atoms with Gasteiger partial charge in [0.15, 0.2) is 0 Å². The molecule has 10 nitrogen and oxygen atoms in total. The lowest BCUT2D eigenvalue weighted by atomic mass is 9.94. The summed E-state index contributed by atoms with van der Waals surface area (Å²) in [6, 6.07) is 1.15. The Hall–Kier alpha value is -2.75. The van der Waals surface area contributed by atoms with Crippen LogP contribution in [-0.2, 0) is 9.53 Å². The number of hydrogen-bond donors (Lipinski definition) is 1. The maximum atomic E-state index is 12.6. The van der Waals surface area contributed by atoms with Crippen molar-refractivity contribution in [3.8, 4) is 0 Å². The first-order chi connectivity index (χ1) is 12.5. The van der Waals surface area contributed by atoms with E-state index < -0.39 is 10.8 Å². The third-order valence-corrected chi connectivity index (χ3v) is 4.79. The van der Waals surface area contributed by atoms with Crippen LogP contribution in [0.1, 0.15) is 23.2 Å². The number of nitrogens with zero attached hydrogens (tertiary/aromatic N) is 4. The second-order valence-corrected chi connectivity index (χ2v) is 6.39. The number of morpholine rings is 1. The lowest BCUT2D eigenvalue weighted by Gasteiger charge is -2.36. The first-order valence-electron chi connectivity index (χ1n) is 8.53. The van der Waals surface area contributed by atoms with Crippen molar-refractivity contribution in [1.82, 2.24) is 9.88 Å². The second-order valence-electron chi connectivity index (χ2n) is 6.39. The molecule has 26 heavy (non-hydrogen) atoms. The van der Waals surface area contributed by atoms with Gasteiger partial charge in [0.1, 0.15) is 12.0 Å². The van der Waals surface area contributed by atoms with Gasteiger partial charge in [0.2, 0.25) is 5.91 Å². The van der Waals surface area contributed by atoms with Crippen LogP contribution >= 0.6 is 0 Å². The van der Waals surface area contributed by atoms with Crippen LogP contribution in [-0.4, -0.2) is 66.0 Å². The van der Waals surface area contributed by atoms with E-state index in [1.165, 1.54) is 0 Å². The Morgan fingerprint density at radius 3 is 2.46 bits per heavy atom. The number of ether oxygens (including phenoxy) is 1. The van der Waals surface area contributed by atoms with Crippen LogP contribution in [0, 0.1) is 16.0 Å². The van der Waals surface area contributed by atoms with Crippen molar-refractivity contribution in [1.29, 1.82) is 0 Å². The fourth-order valence-electron chi connectivity index (χ4n) is 3.36. The molecule has 140 valence electrons. The van der Waals surface area contributed by atoms with Gasteiger partial charge >= 0.3 is 0 Å². The number of carbonyl (C=O) groups excluding carboxylic acids is 2. The molecule has 10 heteroatoms. The highest BCUT2D eigenvalue weighted by atomic mass is 16.6. The maximum absolute atomic E-state index is 12.6. The van der Waals surface area contributed by atoms with Crippen molar-refractivity contribution in [2.24, 2.45) is 11.7 Å². The first-order valence-corrected chi connectivity index (χ1v) is 8.53. The van der Waals surface area contributed by atoms with Crippen molar-refractivity contribution in [2.75, 3.05) is 44.3 Å². The van der Waals surface area contributed by atoms with Gasteiger partial charge in [0.05, 0.1) is 23.7 Å². The molecule has 0 radical (unpaired) electrons. The highest BCUT2D eigenvalue weighted by Crippen LogP contribution is 2.27. The standard InChI is InChI=1S/C16H21N5O5/c17-14(22)13-9-12(21(24)25)10-18-15(13)19-3-1-11(2-4-19)16(23)20-5-7-26-8-6-20/h9-11H,1-8H2,(H2,17,22). The monoisotopic (exact) mass is 363 g/mol. The number of primary amides is 1. The molecular weight excluding hydrogens is 342 g/mol. The van der Waals surface area contributed by atoms with Crippen LogP contribution < -0.4 is 10.6 Å². The van der Waals surface area contributed by atoms with E-state index in [0.29, 0.717) is 58.1 Å². The number of pyridine rings is 1. The summed E-state index contributed by atoms with van der Waals surface area (Å²) in [6.45, 7) is 3.44. The normalized spacial score (nSPS) is 18.6. The van der Waals surface area contributed by atoms with E-state index in [4.69, 9.17) is 10.5 Å². The number of hydrogen-bond acceptors (Lipinski definition) is 7. The van der Waals surface area contributed by atoms with E-state index >= 15 is 0 Å². The van der Waals surface area contributed by atoms with Gasteiger partial charge in [-0.15, -0.1) is 0 Å². The minimum Gasteiger partial charge on any atom is -0.378 e. The second kappa shape index (κ2) is 7.65. The Kier molecular flexibility index (Phi) is 5.31. The lowest BCUT2D eigenvalue weighted by Crippen LogP contribution is -2.47. The van der Waals surface area contributed by atoms with Crippen LogP contribution in [0.5, 0.6) is 0 Å². The zero-order chi connectivity index (χ0) is 18.7. The van der Waals surface area contributed by atoms with E-state index in [1.807, 2.05) is 9.80 Å². The maximum Gasteiger partial charge on any atom is 0.288 e. The number of nitro groups is 1. The molecule has 3 rings (SSSR count). The van der Waals surface area contributed by atoms with Crippen molar-refractivity contribution < 1.29 is 19.2 Å². The molecule has 2 N–H and O–H groups in total. The Bertz CT molecular complexity index is 711. The highest BCUT2D eigenvalue weighted by molar-refractivity contribution is 5.98. The van der Waals surface area contributed by atoms with Gasteiger partial charge in [-0.3, -0.25) is 19.7 Å². The van der Waals surface area contributed by atoms with Crippen LogP contribution in [0.25, 0.3) is 0 Å². The molecule has 2 aliphatic rings. The molecular formula is C16H21N5O5. The van der Waals surface area contributed by atoms with Crippen molar-refractivity contribution in [3.05, 3.63) is 27.9 Å². The molecule has 0 unspecified atom stereocenters. The molecule has 2 saturated heterocycles. The first kappa shape index (κ1) is 18.1. The van der Waals surface area contributed by atoms with Crippen LogP contribution in [0.2, 0.25) is 0 Å². The van der Waals surface area contributed by atoms with Gasteiger partial charge < -0.3 is 20.3 Å². The summed E-state index contributed by atoms with van der Waals surface area (Å²) in [4.78, 5) is 42.3. The number of carbonyl (C=O) groups is 2. The predicted octanol–water partition coefficient (Wildman–Crippen LogP) is 0.164. The lowest BCUT2D eigenvalue weighted by molar-refractivity contribution is -0.385. The summed E-state index contributed by atoms with van der Waals surface area (Å²) in [5.74, 6) is -0.359. The number of aromatic nitrogens is 1. The molecule has 1 aromatic heterocycles. The van der Waals surface area contributed by atoms with Crippen LogP contribution in [0.3, 0.4) is 0 Å². The summed E-state index contributed by atoms with van der Waals surface area (Å²) in [6.07, 6.45) is 2.38. The Balaban J connectivity index is 1.68. The number of piperidine rings is 1. The molecule has 0 spiro atoms. The van der Waals surface area contributed by atoms with Gasteiger partial charge in [0, 0.05) is 38.2 Å². The molecule has 0 saturated carbocycles. The molecule has 0 aliphatic carbocycles. The van der Waals surface area contributed by atoms with Gasteiger partial charge in [-0.05, 0) is 12.8 Å². The summed E-state index contributed by atoms with van der Waals surface area (Å²) in [5, 5.41) is 10.9. The van der Waals surface area contributed by atoms with Gasteiger partial charge in [0.25, 0.3) is 11.6 Å². The summed E-state index contributed by atoms with van der Waals surface area (Å²) >= 11 is 0. The topological polar surface area (TPSA) is 132 Å². The van der Waals surface area contributed by atoms with E-state index in [2.05, 4.69) is 4.98 Å². The third kappa shape index (κ3) is 3.74. The predicted molar refractivity (Wildman–Crippen MR) is 91.7 cm³/mol. The van der Waals surface area contributed by atoms with Crippen LogP contribution in [0.15, 0.2) is 12.3 Å². The van der Waals surface area contributed by atoms with Gasteiger partial charge in [-0.1, -0.05) is 0 Å². The Labute approximate surface area is 150 Å². The SMILES string of the molecule is NC(=O)c1cc([N+](=O)[O-])cnc1N1CCC(C(=O)N2CCOCC2)CC1. The summed E-state index contributed by atoms with van der Waals surface area (Å²) in [7, 11) is 0. The minimum atomic E-state index is -0.761. The molecule has 0 bridgehead atoms. The van der Waals surface area contributed by atoms with E-state index in [1.54, 1.807) is 0 Å². The average Bonchev–Trinajstić information content (AvgIpc) is 2.67. The van der Waals surface area contributed by atoms with Crippen molar-refractivity contribution >= 4 is 23.3 Å². The third-order valence-electron chi connectivity index (χ3n) is 4.79. The molecule has 0 aromatic carbocycles. The number of amides is 2. The zero-order valence-corrected chi connectivity index (χ0v) is 14.3. The largest absolute Gasteiger partial charge is 0.378 e. The number of rotatable bonds is 4. The van der Waals surface area contributed by atoms with Gasteiger partial charge in [-0.2, -0.15) is 0 Å². The minimum absolute atomic E-state index is 0.0251.